The molecule has 0 aromatic heterocycles. The zero-order valence-electron chi connectivity index (χ0n) is 12.1. The SMILES string of the molecule is COP(=O)([O-])OC.C[N+]1=C2CCCCCN2CCC1. The molecular formula is C12H25N2O4P. The lowest BCUT2D eigenvalue weighted by Crippen LogP contribution is -2.42. The third-order valence-corrected chi connectivity index (χ3v) is 4.40. The smallest absolute Gasteiger partial charge is 0.267 e. The summed E-state index contributed by atoms with van der Waals surface area (Å²) in [7, 11) is 0.416. The third-order valence-electron chi connectivity index (χ3n) is 3.50. The predicted octanol–water partition coefficient (Wildman–Crippen LogP) is 1.05. The van der Waals surface area contributed by atoms with Crippen molar-refractivity contribution in [1.82, 2.24) is 4.90 Å². The second-order valence-electron chi connectivity index (χ2n) is 4.80. The third kappa shape index (κ3) is 5.61. The maximum absolute atomic E-state index is 9.95. The zero-order chi connectivity index (χ0) is 14.3. The van der Waals surface area contributed by atoms with E-state index in [4.69, 9.17) is 0 Å². The molecule has 0 N–H and O–H groups in total. The number of hydrogen-bond donors (Lipinski definition) is 0. The van der Waals surface area contributed by atoms with Gasteiger partial charge in [-0.2, -0.15) is 0 Å². The highest BCUT2D eigenvalue weighted by Gasteiger charge is 2.26. The van der Waals surface area contributed by atoms with Crippen LogP contribution < -0.4 is 4.89 Å². The Morgan fingerprint density at radius 3 is 2.37 bits per heavy atom. The largest absolute Gasteiger partial charge is 0.756 e. The van der Waals surface area contributed by atoms with Crippen LogP contribution in [0.2, 0.25) is 0 Å². The fourth-order valence-electron chi connectivity index (χ4n) is 2.43. The minimum absolute atomic E-state index is 1.04. The monoisotopic (exact) mass is 292 g/mol. The van der Waals surface area contributed by atoms with Crippen molar-refractivity contribution in [3.05, 3.63) is 0 Å². The Morgan fingerprint density at radius 1 is 1.16 bits per heavy atom. The van der Waals surface area contributed by atoms with Crippen LogP contribution in [0.15, 0.2) is 0 Å². The molecule has 112 valence electrons. The lowest BCUT2D eigenvalue weighted by molar-refractivity contribution is -0.510. The number of phosphoric acid groups is 1. The van der Waals surface area contributed by atoms with Crippen LogP contribution in [0.1, 0.15) is 32.1 Å². The van der Waals surface area contributed by atoms with Crippen molar-refractivity contribution in [3.8, 4) is 0 Å². The van der Waals surface area contributed by atoms with E-state index in [1.165, 1.54) is 51.7 Å². The van der Waals surface area contributed by atoms with Gasteiger partial charge in [-0.25, -0.2) is 0 Å². The van der Waals surface area contributed by atoms with E-state index in [2.05, 4.69) is 25.6 Å². The fourth-order valence-corrected chi connectivity index (χ4v) is 2.57. The summed E-state index contributed by atoms with van der Waals surface area (Å²) in [5.74, 6) is 1.61. The van der Waals surface area contributed by atoms with Gasteiger partial charge in [-0.1, -0.05) is 0 Å². The average molecular weight is 292 g/mol. The highest BCUT2D eigenvalue weighted by Crippen LogP contribution is 2.34. The molecule has 2 aliphatic rings. The first kappa shape index (κ1) is 16.6. The molecule has 1 fully saturated rings. The van der Waals surface area contributed by atoms with Gasteiger partial charge in [0, 0.05) is 27.1 Å². The Bertz CT molecular complexity index is 352. The lowest BCUT2D eigenvalue weighted by atomic mass is 10.2. The molecule has 2 rings (SSSR count). The average Bonchev–Trinajstić information content (AvgIpc) is 2.66. The quantitative estimate of drug-likeness (QED) is 0.562. The molecule has 6 nitrogen and oxygen atoms in total. The fraction of sp³-hybridized carbons (Fsp3) is 0.917. The van der Waals surface area contributed by atoms with Crippen molar-refractivity contribution in [3.63, 3.8) is 0 Å². The molecule has 0 amide bonds. The number of rotatable bonds is 2. The van der Waals surface area contributed by atoms with E-state index in [1.54, 1.807) is 5.84 Å². The summed E-state index contributed by atoms with van der Waals surface area (Å²) in [5, 5.41) is 0. The summed E-state index contributed by atoms with van der Waals surface area (Å²) in [6.45, 7) is 3.88. The molecule has 19 heavy (non-hydrogen) atoms. The van der Waals surface area contributed by atoms with Gasteiger partial charge in [0.05, 0.1) is 26.7 Å². The maximum Gasteiger partial charge on any atom is 0.267 e. The van der Waals surface area contributed by atoms with E-state index in [9.17, 15) is 9.46 Å². The zero-order valence-corrected chi connectivity index (χ0v) is 13.0. The first-order chi connectivity index (χ1) is 9.00. The van der Waals surface area contributed by atoms with Gasteiger partial charge in [0.1, 0.15) is 0 Å². The number of nitrogens with zero attached hydrogens (tertiary/aromatic N) is 2. The molecule has 0 spiro atoms. The van der Waals surface area contributed by atoms with Crippen LogP contribution in [0.25, 0.3) is 0 Å². The maximum atomic E-state index is 9.95. The minimum atomic E-state index is -3.90. The Morgan fingerprint density at radius 2 is 1.79 bits per heavy atom. The summed E-state index contributed by atoms with van der Waals surface area (Å²) in [6.07, 6.45) is 6.89. The van der Waals surface area contributed by atoms with Gasteiger partial charge >= 0.3 is 0 Å². The molecule has 0 aromatic carbocycles. The summed E-state index contributed by atoms with van der Waals surface area (Å²) in [5.41, 5.74) is 0. The van der Waals surface area contributed by atoms with Gasteiger partial charge in [0.25, 0.3) is 7.82 Å². The van der Waals surface area contributed by atoms with Crippen molar-refractivity contribution in [2.45, 2.75) is 32.1 Å². The number of hydrogen-bond acceptors (Lipinski definition) is 5. The van der Waals surface area contributed by atoms with E-state index >= 15 is 0 Å². The molecule has 0 aromatic rings. The second-order valence-corrected chi connectivity index (χ2v) is 6.43. The van der Waals surface area contributed by atoms with Crippen LogP contribution in [0, 0.1) is 0 Å². The summed E-state index contributed by atoms with van der Waals surface area (Å²) in [6, 6.07) is 0. The molecule has 0 aliphatic carbocycles. The van der Waals surface area contributed by atoms with Crippen LogP contribution in [-0.4, -0.2) is 56.2 Å². The van der Waals surface area contributed by atoms with Gasteiger partial charge in [0.2, 0.25) is 5.84 Å². The lowest BCUT2D eigenvalue weighted by Gasteiger charge is -2.23. The molecule has 2 aliphatic heterocycles. The van der Waals surface area contributed by atoms with Gasteiger partial charge < -0.3 is 13.9 Å². The van der Waals surface area contributed by atoms with Gasteiger partial charge in [-0.15, -0.1) is 0 Å². The van der Waals surface area contributed by atoms with E-state index in [0.29, 0.717) is 0 Å². The van der Waals surface area contributed by atoms with Crippen LogP contribution in [0.5, 0.6) is 0 Å². The summed E-state index contributed by atoms with van der Waals surface area (Å²) >= 11 is 0. The van der Waals surface area contributed by atoms with E-state index in [1.807, 2.05) is 0 Å². The van der Waals surface area contributed by atoms with Gasteiger partial charge in [-0.3, -0.25) is 14.0 Å². The Labute approximate surface area is 115 Å². The molecule has 7 heteroatoms. The highest BCUT2D eigenvalue weighted by molar-refractivity contribution is 7.45. The van der Waals surface area contributed by atoms with Crippen molar-refractivity contribution in [1.29, 1.82) is 0 Å². The Balaban J connectivity index is 0.000000224. The molecule has 0 bridgehead atoms. The number of amidine groups is 1. The van der Waals surface area contributed by atoms with Crippen molar-refractivity contribution >= 4 is 13.7 Å². The van der Waals surface area contributed by atoms with Crippen molar-refractivity contribution < 1.29 is 23.1 Å². The minimum Gasteiger partial charge on any atom is -0.756 e. The highest BCUT2D eigenvalue weighted by atomic mass is 31.2. The Kier molecular flexibility index (Phi) is 7.00. The van der Waals surface area contributed by atoms with E-state index in [0.717, 1.165) is 14.2 Å². The molecule has 0 unspecified atom stereocenters. The van der Waals surface area contributed by atoms with Crippen molar-refractivity contribution in [2.24, 2.45) is 0 Å². The van der Waals surface area contributed by atoms with Crippen LogP contribution in [-0.2, 0) is 13.6 Å². The molecular weight excluding hydrogens is 267 g/mol. The van der Waals surface area contributed by atoms with Crippen LogP contribution >= 0.6 is 7.82 Å². The first-order valence-electron chi connectivity index (χ1n) is 6.74. The van der Waals surface area contributed by atoms with E-state index < -0.39 is 7.82 Å². The summed E-state index contributed by atoms with van der Waals surface area (Å²) in [4.78, 5) is 12.5. The standard InChI is InChI=1S/C10H19N2.C2H7O4P/c1-11-7-5-9-12-8-4-2-3-6-10(11)12;1-5-7(3,4)6-2/h2-9H2,1H3;1-2H3,(H,3,4)/q+1;/p-1. The summed E-state index contributed by atoms with van der Waals surface area (Å²) < 4.78 is 20.1. The van der Waals surface area contributed by atoms with E-state index in [-0.39, 0.29) is 0 Å². The molecule has 0 saturated carbocycles. The molecule has 1 saturated heterocycles. The Hall–Kier alpha value is -0.420. The normalized spacial score (nSPS) is 20.3. The van der Waals surface area contributed by atoms with Crippen molar-refractivity contribution in [2.75, 3.05) is 40.9 Å². The number of phosphoric ester groups is 1. The first-order valence-corrected chi connectivity index (χ1v) is 8.20. The predicted molar refractivity (Wildman–Crippen MR) is 72.3 cm³/mol. The van der Waals surface area contributed by atoms with Crippen LogP contribution in [0.3, 0.4) is 0 Å². The van der Waals surface area contributed by atoms with Gasteiger partial charge in [0.15, 0.2) is 0 Å². The van der Waals surface area contributed by atoms with Gasteiger partial charge in [-0.05, 0) is 19.3 Å². The topological polar surface area (TPSA) is 64.8 Å². The molecule has 0 atom stereocenters. The second kappa shape index (κ2) is 8.00. The molecule has 0 radical (unpaired) electrons. The molecule has 2 heterocycles. The van der Waals surface area contributed by atoms with Crippen LogP contribution in [0.4, 0.5) is 0 Å². The number of fused-ring (bicyclic) bond motifs is 1.